The minimum Gasteiger partial charge on any atom is -0.464 e. The number of carbonyl (C=O) groups excluding carboxylic acids is 1. The molecule has 0 aromatic carbocycles. The molecule has 0 aliphatic rings. The molecule has 13 heavy (non-hydrogen) atoms. The molecule has 1 rings (SSSR count). The van der Waals surface area contributed by atoms with E-state index < -0.39 is 0 Å². The number of carbonyl (C=O) groups is 1. The third-order valence-corrected chi connectivity index (χ3v) is 2.52. The van der Waals surface area contributed by atoms with Crippen LogP contribution in [0, 0.1) is 3.57 Å². The first-order valence-electron chi connectivity index (χ1n) is 3.92. The average Bonchev–Trinajstić information content (AvgIpc) is 2.17. The molecule has 0 spiro atoms. The molecular formula is C9H10INO2. The predicted molar refractivity (Wildman–Crippen MR) is 57.7 cm³/mol. The van der Waals surface area contributed by atoms with Gasteiger partial charge in [0.1, 0.15) is 0 Å². The van der Waals surface area contributed by atoms with Gasteiger partial charge in [-0.15, -0.1) is 0 Å². The van der Waals surface area contributed by atoms with Crippen LogP contribution < -0.4 is 0 Å². The summed E-state index contributed by atoms with van der Waals surface area (Å²) in [5, 5.41) is 0. The Bertz CT molecular complexity index is 325. The molecule has 1 aromatic heterocycles. The summed E-state index contributed by atoms with van der Waals surface area (Å²) in [6.07, 6.45) is 0.820. The Hall–Kier alpha value is -0.650. The normalized spacial score (nSPS) is 9.77. The zero-order valence-electron chi connectivity index (χ0n) is 7.50. The van der Waals surface area contributed by atoms with Crippen molar-refractivity contribution < 1.29 is 9.53 Å². The highest BCUT2D eigenvalue weighted by Crippen LogP contribution is 2.12. The lowest BCUT2D eigenvalue weighted by Crippen LogP contribution is -2.08. The minimum absolute atomic E-state index is 0.375. The van der Waals surface area contributed by atoms with Gasteiger partial charge in [0, 0.05) is 9.26 Å². The van der Waals surface area contributed by atoms with Crippen molar-refractivity contribution in [3.05, 3.63) is 27.1 Å². The quantitative estimate of drug-likeness (QED) is 0.618. The van der Waals surface area contributed by atoms with Gasteiger partial charge >= 0.3 is 5.97 Å². The summed E-state index contributed by atoms with van der Waals surface area (Å²) in [5.41, 5.74) is 1.31. The Balaban J connectivity index is 3.11. The lowest BCUT2D eigenvalue weighted by atomic mass is 10.2. The minimum atomic E-state index is -0.375. The van der Waals surface area contributed by atoms with Gasteiger partial charge in [0.2, 0.25) is 0 Å². The van der Waals surface area contributed by atoms with Crippen LogP contribution in [0.2, 0.25) is 0 Å². The zero-order chi connectivity index (χ0) is 9.84. The van der Waals surface area contributed by atoms with Crippen LogP contribution in [0.4, 0.5) is 0 Å². The van der Waals surface area contributed by atoms with Crippen LogP contribution in [0.25, 0.3) is 0 Å². The van der Waals surface area contributed by atoms with Gasteiger partial charge < -0.3 is 4.74 Å². The number of pyridine rings is 1. The van der Waals surface area contributed by atoms with Crippen molar-refractivity contribution in [2.45, 2.75) is 13.3 Å². The van der Waals surface area contributed by atoms with Crippen molar-refractivity contribution >= 4 is 28.6 Å². The van der Waals surface area contributed by atoms with Gasteiger partial charge in [0.05, 0.1) is 7.11 Å². The molecule has 1 heterocycles. The molecule has 0 saturated carbocycles. The van der Waals surface area contributed by atoms with E-state index in [2.05, 4.69) is 32.3 Å². The molecule has 0 unspecified atom stereocenters. The molecule has 70 valence electrons. The number of halogens is 1. The van der Waals surface area contributed by atoms with E-state index in [0.29, 0.717) is 5.69 Å². The van der Waals surface area contributed by atoms with Crippen molar-refractivity contribution in [3.8, 4) is 0 Å². The monoisotopic (exact) mass is 291 g/mol. The zero-order valence-corrected chi connectivity index (χ0v) is 9.66. The number of aryl methyl sites for hydroxylation is 1. The van der Waals surface area contributed by atoms with E-state index in [1.165, 1.54) is 7.11 Å². The Kier molecular flexibility index (Phi) is 3.65. The second-order valence-corrected chi connectivity index (χ2v) is 3.64. The third-order valence-electron chi connectivity index (χ3n) is 1.64. The molecule has 0 bridgehead atoms. The van der Waals surface area contributed by atoms with E-state index >= 15 is 0 Å². The SMILES string of the molecule is CCc1ccc(I)c(C(=O)OC)n1. The molecule has 0 N–H and O–H groups in total. The van der Waals surface area contributed by atoms with E-state index in [0.717, 1.165) is 15.7 Å². The second kappa shape index (κ2) is 4.55. The Morgan fingerprint density at radius 3 is 2.85 bits per heavy atom. The van der Waals surface area contributed by atoms with Gasteiger partial charge in [-0.1, -0.05) is 6.92 Å². The van der Waals surface area contributed by atoms with Crippen molar-refractivity contribution in [3.63, 3.8) is 0 Å². The van der Waals surface area contributed by atoms with Crippen molar-refractivity contribution in [2.24, 2.45) is 0 Å². The fourth-order valence-corrected chi connectivity index (χ4v) is 1.44. The fourth-order valence-electron chi connectivity index (χ4n) is 0.919. The molecule has 0 amide bonds. The van der Waals surface area contributed by atoms with Gasteiger partial charge in [0.25, 0.3) is 0 Å². The van der Waals surface area contributed by atoms with Crippen LogP contribution in [0.3, 0.4) is 0 Å². The molecule has 3 nitrogen and oxygen atoms in total. The van der Waals surface area contributed by atoms with Crippen LogP contribution in [0.1, 0.15) is 23.1 Å². The summed E-state index contributed by atoms with van der Waals surface area (Å²) in [6, 6.07) is 3.78. The van der Waals surface area contributed by atoms with Crippen LogP contribution in [0.5, 0.6) is 0 Å². The number of aromatic nitrogens is 1. The molecule has 0 fully saturated rings. The first-order valence-corrected chi connectivity index (χ1v) is 5.00. The first kappa shape index (κ1) is 10.4. The number of rotatable bonds is 2. The van der Waals surface area contributed by atoms with Gasteiger partial charge in [-0.05, 0) is 41.1 Å². The average molecular weight is 291 g/mol. The highest BCUT2D eigenvalue weighted by Gasteiger charge is 2.11. The number of hydrogen-bond acceptors (Lipinski definition) is 3. The summed E-state index contributed by atoms with van der Waals surface area (Å²) in [6.45, 7) is 2.00. The molecule has 0 saturated heterocycles. The van der Waals surface area contributed by atoms with Gasteiger partial charge in [-0.3, -0.25) is 0 Å². The Labute approximate surface area is 90.6 Å². The predicted octanol–water partition coefficient (Wildman–Crippen LogP) is 2.04. The molecule has 0 aliphatic carbocycles. The highest BCUT2D eigenvalue weighted by atomic mass is 127. The maximum Gasteiger partial charge on any atom is 0.357 e. The summed E-state index contributed by atoms with van der Waals surface area (Å²) in [4.78, 5) is 15.4. The molecular weight excluding hydrogens is 281 g/mol. The summed E-state index contributed by atoms with van der Waals surface area (Å²) in [7, 11) is 1.36. The van der Waals surface area contributed by atoms with E-state index in [1.54, 1.807) is 0 Å². The summed E-state index contributed by atoms with van der Waals surface area (Å²) < 4.78 is 5.43. The van der Waals surface area contributed by atoms with Crippen molar-refractivity contribution in [1.29, 1.82) is 0 Å². The Morgan fingerprint density at radius 1 is 1.62 bits per heavy atom. The third kappa shape index (κ3) is 2.40. The maximum absolute atomic E-state index is 11.2. The summed E-state index contributed by atoms with van der Waals surface area (Å²) in [5.74, 6) is -0.375. The van der Waals surface area contributed by atoms with E-state index in [4.69, 9.17) is 0 Å². The van der Waals surface area contributed by atoms with Crippen LogP contribution >= 0.6 is 22.6 Å². The van der Waals surface area contributed by atoms with Crippen molar-refractivity contribution in [1.82, 2.24) is 4.98 Å². The highest BCUT2D eigenvalue weighted by molar-refractivity contribution is 14.1. The number of hydrogen-bond donors (Lipinski definition) is 0. The fraction of sp³-hybridized carbons (Fsp3) is 0.333. The van der Waals surface area contributed by atoms with Crippen molar-refractivity contribution in [2.75, 3.05) is 7.11 Å². The number of methoxy groups -OCH3 is 1. The second-order valence-electron chi connectivity index (χ2n) is 2.48. The maximum atomic E-state index is 11.2. The van der Waals surface area contributed by atoms with E-state index in [-0.39, 0.29) is 5.97 Å². The lowest BCUT2D eigenvalue weighted by molar-refractivity contribution is 0.0592. The van der Waals surface area contributed by atoms with Gasteiger partial charge in [-0.2, -0.15) is 0 Å². The van der Waals surface area contributed by atoms with E-state index in [1.807, 2.05) is 19.1 Å². The molecule has 1 aromatic rings. The molecule has 4 heteroatoms. The standard InChI is InChI=1S/C9H10INO2/c1-3-6-4-5-7(10)8(11-6)9(12)13-2/h4-5H,3H2,1-2H3. The topological polar surface area (TPSA) is 39.2 Å². The van der Waals surface area contributed by atoms with E-state index in [9.17, 15) is 4.79 Å². The first-order chi connectivity index (χ1) is 6.19. The number of nitrogens with zero attached hydrogens (tertiary/aromatic N) is 1. The molecule has 0 aliphatic heterocycles. The van der Waals surface area contributed by atoms with Crippen LogP contribution in [0.15, 0.2) is 12.1 Å². The number of esters is 1. The largest absolute Gasteiger partial charge is 0.464 e. The smallest absolute Gasteiger partial charge is 0.357 e. The summed E-state index contributed by atoms with van der Waals surface area (Å²) >= 11 is 2.07. The Morgan fingerprint density at radius 2 is 2.31 bits per heavy atom. The lowest BCUT2D eigenvalue weighted by Gasteiger charge is -2.03. The molecule has 0 radical (unpaired) electrons. The molecule has 0 atom stereocenters. The number of ether oxygens (including phenoxy) is 1. The van der Waals surface area contributed by atoms with Gasteiger partial charge in [0.15, 0.2) is 5.69 Å². The van der Waals surface area contributed by atoms with Crippen LogP contribution in [-0.2, 0) is 11.2 Å². The van der Waals surface area contributed by atoms with Gasteiger partial charge in [-0.25, -0.2) is 9.78 Å². The van der Waals surface area contributed by atoms with Crippen LogP contribution in [-0.4, -0.2) is 18.1 Å².